The van der Waals surface area contributed by atoms with E-state index in [1.165, 1.54) is 0 Å². The Morgan fingerprint density at radius 2 is 1.76 bits per heavy atom. The summed E-state index contributed by atoms with van der Waals surface area (Å²) in [6.45, 7) is 1.92. The van der Waals surface area contributed by atoms with Crippen LogP contribution in [0.5, 0.6) is 0 Å². The van der Waals surface area contributed by atoms with Crippen molar-refractivity contribution >= 4 is 27.5 Å². The molecule has 1 N–H and O–H groups in total. The summed E-state index contributed by atoms with van der Waals surface area (Å²) in [7, 11) is -3.77. The molecule has 1 aliphatic rings. The molecule has 0 unspecified atom stereocenters. The first-order chi connectivity index (χ1) is 13.7. The lowest BCUT2D eigenvalue weighted by Gasteiger charge is -2.24. The van der Waals surface area contributed by atoms with E-state index in [9.17, 15) is 18.0 Å². The van der Waals surface area contributed by atoms with Crippen LogP contribution in [0.4, 0.5) is 5.69 Å². The van der Waals surface area contributed by atoms with Crippen molar-refractivity contribution in [2.45, 2.75) is 12.7 Å². The SMILES string of the molecule is CC1(c2ccc(NC(=O)COS(C)(=O)=O)c(C(=O)c3ccccc3)c2)OCCO1. The van der Waals surface area contributed by atoms with Crippen LogP contribution in [0.15, 0.2) is 48.5 Å². The van der Waals surface area contributed by atoms with Crippen molar-refractivity contribution in [2.75, 3.05) is 31.4 Å². The van der Waals surface area contributed by atoms with Gasteiger partial charge in [-0.05, 0) is 19.1 Å². The van der Waals surface area contributed by atoms with Crippen molar-refractivity contribution in [1.29, 1.82) is 0 Å². The van der Waals surface area contributed by atoms with E-state index >= 15 is 0 Å². The first kappa shape index (κ1) is 21.1. The Hall–Kier alpha value is -2.59. The van der Waals surface area contributed by atoms with E-state index in [0.717, 1.165) is 6.26 Å². The predicted octanol–water partition coefficient (Wildman–Crippen LogP) is 2.05. The number of carbonyl (C=O) groups excluding carboxylic acids is 2. The average molecular weight is 419 g/mol. The second-order valence-electron chi connectivity index (χ2n) is 6.61. The Balaban J connectivity index is 1.94. The molecule has 8 nitrogen and oxygen atoms in total. The lowest BCUT2D eigenvalue weighted by molar-refractivity contribution is -0.149. The highest BCUT2D eigenvalue weighted by Crippen LogP contribution is 2.33. The summed E-state index contributed by atoms with van der Waals surface area (Å²) in [6, 6.07) is 13.4. The highest BCUT2D eigenvalue weighted by atomic mass is 32.2. The number of hydrogen-bond donors (Lipinski definition) is 1. The molecule has 0 spiro atoms. The summed E-state index contributed by atoms with van der Waals surface area (Å²) in [5.74, 6) is -2.01. The summed E-state index contributed by atoms with van der Waals surface area (Å²) in [5.41, 5.74) is 1.51. The number of benzene rings is 2. The minimum absolute atomic E-state index is 0.224. The molecule has 1 fully saturated rings. The maximum atomic E-state index is 13.1. The third-order valence-corrected chi connectivity index (χ3v) is 4.89. The predicted molar refractivity (Wildman–Crippen MR) is 105 cm³/mol. The van der Waals surface area contributed by atoms with Crippen LogP contribution >= 0.6 is 0 Å². The van der Waals surface area contributed by atoms with Gasteiger partial charge in [0.1, 0.15) is 6.61 Å². The number of ether oxygens (including phenoxy) is 2. The van der Waals surface area contributed by atoms with Crippen LogP contribution in [-0.2, 0) is 34.4 Å². The van der Waals surface area contributed by atoms with Gasteiger partial charge in [-0.3, -0.25) is 13.8 Å². The van der Waals surface area contributed by atoms with Crippen LogP contribution < -0.4 is 5.32 Å². The van der Waals surface area contributed by atoms with Gasteiger partial charge < -0.3 is 14.8 Å². The molecule has 0 aliphatic carbocycles. The maximum absolute atomic E-state index is 13.1. The summed E-state index contributed by atoms with van der Waals surface area (Å²) in [6.07, 6.45) is 0.849. The molecular weight excluding hydrogens is 398 g/mol. The number of anilines is 1. The third-order valence-electron chi connectivity index (χ3n) is 4.34. The minimum atomic E-state index is -3.77. The minimum Gasteiger partial charge on any atom is -0.344 e. The molecular formula is C20H21NO7S. The molecule has 1 amide bonds. The summed E-state index contributed by atoms with van der Waals surface area (Å²) < 4.78 is 38.0. The molecule has 0 atom stereocenters. The third kappa shape index (κ3) is 5.27. The number of ketones is 1. The molecule has 9 heteroatoms. The van der Waals surface area contributed by atoms with Gasteiger partial charge in [0.15, 0.2) is 11.6 Å². The number of carbonyl (C=O) groups is 2. The van der Waals surface area contributed by atoms with Gasteiger partial charge in [-0.2, -0.15) is 8.42 Å². The molecule has 1 heterocycles. The van der Waals surface area contributed by atoms with Crippen LogP contribution in [-0.4, -0.2) is 46.2 Å². The van der Waals surface area contributed by atoms with Crippen molar-refractivity contribution in [3.05, 3.63) is 65.2 Å². The second kappa shape index (κ2) is 8.42. The monoisotopic (exact) mass is 419 g/mol. The second-order valence-corrected chi connectivity index (χ2v) is 8.26. The van der Waals surface area contributed by atoms with E-state index in [2.05, 4.69) is 9.50 Å². The quantitative estimate of drug-likeness (QED) is 0.540. The summed E-state index contributed by atoms with van der Waals surface area (Å²) in [4.78, 5) is 25.2. The van der Waals surface area contributed by atoms with Gasteiger partial charge in [0.2, 0.25) is 0 Å². The molecule has 0 bridgehead atoms. The van der Waals surface area contributed by atoms with Gasteiger partial charge in [0, 0.05) is 16.7 Å². The van der Waals surface area contributed by atoms with Gasteiger partial charge in [-0.1, -0.05) is 36.4 Å². The van der Waals surface area contributed by atoms with Gasteiger partial charge in [-0.15, -0.1) is 0 Å². The number of rotatable bonds is 7. The van der Waals surface area contributed by atoms with E-state index in [-0.39, 0.29) is 17.0 Å². The topological polar surface area (TPSA) is 108 Å². The molecule has 3 rings (SSSR count). The van der Waals surface area contributed by atoms with Gasteiger partial charge in [0.25, 0.3) is 16.0 Å². The van der Waals surface area contributed by atoms with Crippen LogP contribution in [0.3, 0.4) is 0 Å². The lowest BCUT2D eigenvalue weighted by Crippen LogP contribution is -2.25. The van der Waals surface area contributed by atoms with E-state index < -0.39 is 28.4 Å². The van der Waals surface area contributed by atoms with Crippen molar-refractivity contribution in [1.82, 2.24) is 0 Å². The summed E-state index contributed by atoms with van der Waals surface area (Å²) >= 11 is 0. The van der Waals surface area contributed by atoms with Crippen molar-refractivity contribution in [3.63, 3.8) is 0 Å². The standard InChI is InChI=1S/C20H21NO7S/c1-20(26-10-11-27-20)15-8-9-17(21-18(22)13-28-29(2,24)25)16(12-15)19(23)14-6-4-3-5-7-14/h3-9,12H,10-11,13H2,1-2H3,(H,21,22). The molecule has 0 aromatic heterocycles. The van der Waals surface area contributed by atoms with Crippen LogP contribution in [0.25, 0.3) is 0 Å². The van der Waals surface area contributed by atoms with Crippen LogP contribution in [0.1, 0.15) is 28.4 Å². The first-order valence-electron chi connectivity index (χ1n) is 8.84. The fraction of sp³-hybridized carbons (Fsp3) is 0.300. The molecule has 2 aromatic rings. The Bertz CT molecular complexity index is 1010. The fourth-order valence-corrected chi connectivity index (χ4v) is 3.22. The average Bonchev–Trinajstić information content (AvgIpc) is 3.14. The first-order valence-corrected chi connectivity index (χ1v) is 10.7. The lowest BCUT2D eigenvalue weighted by atomic mass is 9.96. The Kier molecular flexibility index (Phi) is 6.13. The number of amides is 1. The zero-order valence-electron chi connectivity index (χ0n) is 16.0. The molecule has 1 saturated heterocycles. The van der Waals surface area contributed by atoms with Crippen molar-refractivity contribution in [2.24, 2.45) is 0 Å². The number of nitrogens with one attached hydrogen (secondary N) is 1. The van der Waals surface area contributed by atoms with Crippen molar-refractivity contribution < 1.29 is 31.7 Å². The zero-order chi connectivity index (χ0) is 21.1. The van der Waals surface area contributed by atoms with Gasteiger partial charge in [0.05, 0.1) is 25.2 Å². The molecule has 29 heavy (non-hydrogen) atoms. The van der Waals surface area contributed by atoms with Gasteiger partial charge in [-0.25, -0.2) is 0 Å². The summed E-state index contributed by atoms with van der Waals surface area (Å²) in [5, 5.41) is 2.53. The van der Waals surface area contributed by atoms with Crippen LogP contribution in [0, 0.1) is 0 Å². The Morgan fingerprint density at radius 1 is 1.10 bits per heavy atom. The Morgan fingerprint density at radius 3 is 2.38 bits per heavy atom. The molecule has 1 aliphatic heterocycles. The largest absolute Gasteiger partial charge is 0.344 e. The van der Waals surface area contributed by atoms with Gasteiger partial charge >= 0.3 is 0 Å². The molecule has 0 saturated carbocycles. The van der Waals surface area contributed by atoms with Crippen LogP contribution in [0.2, 0.25) is 0 Å². The normalized spacial score (nSPS) is 15.8. The highest BCUT2D eigenvalue weighted by molar-refractivity contribution is 7.86. The van der Waals surface area contributed by atoms with Crippen molar-refractivity contribution in [3.8, 4) is 0 Å². The molecule has 0 radical (unpaired) electrons. The number of hydrogen-bond acceptors (Lipinski definition) is 7. The molecule has 2 aromatic carbocycles. The highest BCUT2D eigenvalue weighted by Gasteiger charge is 2.34. The molecule has 154 valence electrons. The smallest absolute Gasteiger partial charge is 0.264 e. The maximum Gasteiger partial charge on any atom is 0.264 e. The van der Waals surface area contributed by atoms with E-state index in [1.54, 1.807) is 55.5 Å². The fourth-order valence-electron chi connectivity index (χ4n) is 2.90. The van der Waals surface area contributed by atoms with E-state index in [4.69, 9.17) is 9.47 Å². The Labute approximate surface area is 168 Å². The zero-order valence-corrected chi connectivity index (χ0v) is 16.8. The van der Waals surface area contributed by atoms with E-state index in [1.807, 2.05) is 0 Å². The van der Waals surface area contributed by atoms with E-state index in [0.29, 0.717) is 24.3 Å².